The molecule has 0 saturated carbocycles. The Bertz CT molecular complexity index is 800. The number of aromatic hydroxyl groups is 4. The zero-order valence-corrected chi connectivity index (χ0v) is 12.8. The summed E-state index contributed by atoms with van der Waals surface area (Å²) >= 11 is 0. The molecule has 126 valence electrons. The highest BCUT2D eigenvalue weighted by molar-refractivity contribution is 5.66. The molecule has 3 rings (SSSR count). The van der Waals surface area contributed by atoms with Gasteiger partial charge in [-0.05, 0) is 12.1 Å². The van der Waals surface area contributed by atoms with Crippen molar-refractivity contribution in [3.05, 3.63) is 41.5 Å². The van der Waals surface area contributed by atoms with Gasteiger partial charge >= 0.3 is 5.97 Å². The van der Waals surface area contributed by atoms with Crippen LogP contribution in [0.4, 0.5) is 0 Å². The molecule has 2 aromatic rings. The van der Waals surface area contributed by atoms with Crippen molar-refractivity contribution in [2.24, 2.45) is 0 Å². The minimum absolute atomic E-state index is 0.158. The summed E-state index contributed by atoms with van der Waals surface area (Å²) in [4.78, 5) is 11.4. The van der Waals surface area contributed by atoms with Gasteiger partial charge < -0.3 is 29.9 Å². The van der Waals surface area contributed by atoms with Crippen molar-refractivity contribution in [3.63, 3.8) is 0 Å². The predicted octanol–water partition coefficient (Wildman–Crippen LogP) is 2.12. The highest BCUT2D eigenvalue weighted by Crippen LogP contribution is 2.43. The summed E-state index contributed by atoms with van der Waals surface area (Å²) < 4.78 is 11.1. The molecule has 0 aromatic heterocycles. The van der Waals surface area contributed by atoms with Gasteiger partial charge in [-0.2, -0.15) is 0 Å². The predicted molar refractivity (Wildman–Crippen MR) is 82.2 cm³/mol. The average molecular weight is 332 g/mol. The van der Waals surface area contributed by atoms with E-state index in [1.165, 1.54) is 37.3 Å². The van der Waals surface area contributed by atoms with Gasteiger partial charge in [0.2, 0.25) is 0 Å². The van der Waals surface area contributed by atoms with E-state index in [0.717, 1.165) is 0 Å². The average Bonchev–Trinajstić information content (AvgIpc) is 2.49. The second-order valence-corrected chi connectivity index (χ2v) is 5.58. The van der Waals surface area contributed by atoms with E-state index < -0.39 is 18.2 Å². The lowest BCUT2D eigenvalue weighted by Gasteiger charge is -2.33. The summed E-state index contributed by atoms with van der Waals surface area (Å²) in [5.74, 6) is -1.19. The number of rotatable bonds is 2. The van der Waals surface area contributed by atoms with Gasteiger partial charge in [0.05, 0.1) is 0 Å². The summed E-state index contributed by atoms with van der Waals surface area (Å²) in [6.07, 6.45) is -1.34. The molecule has 0 amide bonds. The maximum absolute atomic E-state index is 11.4. The standard InChI is InChI=1S/C17H16O7/c1-8(18)23-16-7-11-13(21)5-10(19)6-15(11)24-17(16)9-2-3-12(20)14(22)4-9/h2-6,16-17,19-22H,7H2,1H3/t16-,17-/m1/s1. The molecule has 0 saturated heterocycles. The monoisotopic (exact) mass is 332 g/mol. The molecule has 0 unspecified atom stereocenters. The minimum atomic E-state index is -0.769. The number of fused-ring (bicyclic) bond motifs is 1. The zero-order chi connectivity index (χ0) is 17.4. The SMILES string of the molecule is CC(=O)O[C@@H]1Cc2c(O)cc(O)cc2O[C@@H]1c1ccc(O)c(O)c1. The molecule has 1 heterocycles. The summed E-state index contributed by atoms with van der Waals surface area (Å²) in [5.41, 5.74) is 0.892. The van der Waals surface area contributed by atoms with Crippen molar-refractivity contribution < 1.29 is 34.7 Å². The first kappa shape index (κ1) is 15.8. The van der Waals surface area contributed by atoms with E-state index in [-0.39, 0.29) is 35.2 Å². The lowest BCUT2D eigenvalue weighted by atomic mass is 9.93. The molecule has 1 aliphatic rings. The maximum Gasteiger partial charge on any atom is 0.303 e. The van der Waals surface area contributed by atoms with Crippen LogP contribution in [-0.2, 0) is 16.0 Å². The smallest absolute Gasteiger partial charge is 0.303 e. The second kappa shape index (κ2) is 5.84. The van der Waals surface area contributed by atoms with E-state index in [2.05, 4.69) is 0 Å². The summed E-state index contributed by atoms with van der Waals surface area (Å²) in [7, 11) is 0. The van der Waals surface area contributed by atoms with Gasteiger partial charge in [0, 0.05) is 36.6 Å². The van der Waals surface area contributed by atoms with Crippen molar-refractivity contribution in [1.82, 2.24) is 0 Å². The fraction of sp³-hybridized carbons (Fsp3) is 0.235. The minimum Gasteiger partial charge on any atom is -0.508 e. The van der Waals surface area contributed by atoms with E-state index >= 15 is 0 Å². The number of phenols is 4. The number of carbonyl (C=O) groups excluding carboxylic acids is 1. The molecule has 0 bridgehead atoms. The highest BCUT2D eigenvalue weighted by atomic mass is 16.6. The number of esters is 1. The topological polar surface area (TPSA) is 116 Å². The molecular formula is C17H16O7. The van der Waals surface area contributed by atoms with Crippen LogP contribution in [0.15, 0.2) is 30.3 Å². The molecule has 4 N–H and O–H groups in total. The van der Waals surface area contributed by atoms with Gasteiger partial charge in [0.25, 0.3) is 0 Å². The van der Waals surface area contributed by atoms with Crippen LogP contribution >= 0.6 is 0 Å². The number of ether oxygens (including phenoxy) is 2. The van der Waals surface area contributed by atoms with Crippen LogP contribution in [0.3, 0.4) is 0 Å². The van der Waals surface area contributed by atoms with Gasteiger partial charge in [-0.15, -0.1) is 0 Å². The number of benzene rings is 2. The highest BCUT2D eigenvalue weighted by Gasteiger charge is 2.35. The van der Waals surface area contributed by atoms with Crippen LogP contribution in [0.2, 0.25) is 0 Å². The van der Waals surface area contributed by atoms with Crippen LogP contribution in [-0.4, -0.2) is 32.5 Å². The third kappa shape index (κ3) is 2.88. The quantitative estimate of drug-likeness (QED) is 0.491. The van der Waals surface area contributed by atoms with Gasteiger partial charge in [-0.1, -0.05) is 6.07 Å². The number of hydrogen-bond acceptors (Lipinski definition) is 7. The molecule has 0 spiro atoms. The van der Waals surface area contributed by atoms with E-state index in [1.807, 2.05) is 0 Å². The Labute approximate surface area is 137 Å². The first-order valence-corrected chi connectivity index (χ1v) is 7.25. The molecule has 0 fully saturated rings. The van der Waals surface area contributed by atoms with Crippen molar-refractivity contribution in [2.75, 3.05) is 0 Å². The van der Waals surface area contributed by atoms with Crippen LogP contribution in [0, 0.1) is 0 Å². The Morgan fingerprint density at radius 1 is 1.08 bits per heavy atom. The fourth-order valence-electron chi connectivity index (χ4n) is 2.76. The summed E-state index contributed by atoms with van der Waals surface area (Å²) in [5, 5.41) is 38.7. The Morgan fingerprint density at radius 2 is 1.83 bits per heavy atom. The fourth-order valence-corrected chi connectivity index (χ4v) is 2.76. The molecule has 24 heavy (non-hydrogen) atoms. The van der Waals surface area contributed by atoms with Crippen LogP contribution in [0.25, 0.3) is 0 Å². The van der Waals surface area contributed by atoms with E-state index in [1.54, 1.807) is 0 Å². The van der Waals surface area contributed by atoms with Gasteiger partial charge in [0.15, 0.2) is 17.6 Å². The van der Waals surface area contributed by atoms with Crippen molar-refractivity contribution in [3.8, 4) is 28.7 Å². The molecule has 1 aliphatic heterocycles. The van der Waals surface area contributed by atoms with Gasteiger partial charge in [-0.25, -0.2) is 0 Å². The molecule has 2 atom stereocenters. The number of hydrogen-bond donors (Lipinski definition) is 4. The molecule has 7 nitrogen and oxygen atoms in total. The second-order valence-electron chi connectivity index (χ2n) is 5.58. The zero-order valence-electron chi connectivity index (χ0n) is 12.8. The normalized spacial score (nSPS) is 19.2. The summed E-state index contributed by atoms with van der Waals surface area (Å²) in [6, 6.07) is 6.67. The first-order chi connectivity index (χ1) is 11.3. The Balaban J connectivity index is 2.04. The molecule has 2 aromatic carbocycles. The van der Waals surface area contributed by atoms with Crippen molar-refractivity contribution in [1.29, 1.82) is 0 Å². The first-order valence-electron chi connectivity index (χ1n) is 7.25. The molecule has 0 aliphatic carbocycles. The lowest BCUT2D eigenvalue weighted by Crippen LogP contribution is -2.34. The molecular weight excluding hydrogens is 316 g/mol. The van der Waals surface area contributed by atoms with Crippen LogP contribution in [0.5, 0.6) is 28.7 Å². The van der Waals surface area contributed by atoms with Gasteiger partial charge in [-0.3, -0.25) is 4.79 Å². The van der Waals surface area contributed by atoms with Crippen molar-refractivity contribution in [2.45, 2.75) is 25.6 Å². The van der Waals surface area contributed by atoms with E-state index in [4.69, 9.17) is 9.47 Å². The molecule has 0 radical (unpaired) electrons. The Morgan fingerprint density at radius 3 is 2.50 bits per heavy atom. The number of phenolic OH excluding ortho intramolecular Hbond substituents is 4. The van der Waals surface area contributed by atoms with Gasteiger partial charge in [0.1, 0.15) is 23.4 Å². The Kier molecular flexibility index (Phi) is 3.84. The third-order valence-corrected chi connectivity index (χ3v) is 3.81. The molecule has 7 heteroatoms. The third-order valence-electron chi connectivity index (χ3n) is 3.81. The number of carbonyl (C=O) groups is 1. The van der Waals surface area contributed by atoms with E-state index in [9.17, 15) is 25.2 Å². The van der Waals surface area contributed by atoms with Crippen LogP contribution < -0.4 is 4.74 Å². The Hall–Kier alpha value is -3.09. The maximum atomic E-state index is 11.4. The summed E-state index contributed by atoms with van der Waals surface area (Å²) in [6.45, 7) is 1.26. The van der Waals surface area contributed by atoms with E-state index in [0.29, 0.717) is 11.1 Å². The van der Waals surface area contributed by atoms with Crippen molar-refractivity contribution >= 4 is 5.97 Å². The lowest BCUT2D eigenvalue weighted by molar-refractivity contribution is -0.152. The van der Waals surface area contributed by atoms with Crippen LogP contribution in [0.1, 0.15) is 24.2 Å². The largest absolute Gasteiger partial charge is 0.508 e.